The number of likely N-dealkylation sites (tertiary alicyclic amines) is 1. The third-order valence-corrected chi connectivity index (χ3v) is 2.77. The first kappa shape index (κ1) is 16.9. The predicted molar refractivity (Wildman–Crippen MR) is 71.4 cm³/mol. The zero-order chi connectivity index (χ0) is 16.2. The maximum Gasteiger partial charge on any atom is 0.407 e. The van der Waals surface area contributed by atoms with E-state index in [1.165, 1.54) is 0 Å². The standard InChI is InChI=1S/C13H20N2O6/c1-13(2,3)21-12(20)14-7-6-8(11(18)19)15-9(16)4-5-10(15)17/h8H,4-7H2,1-3H3,(H,14,20)(H,18,19). The summed E-state index contributed by atoms with van der Waals surface area (Å²) in [6, 6.07) is -1.26. The van der Waals surface area contributed by atoms with E-state index in [-0.39, 0.29) is 25.8 Å². The van der Waals surface area contributed by atoms with Crippen molar-refractivity contribution in [3.8, 4) is 0 Å². The molecule has 1 atom stereocenters. The van der Waals surface area contributed by atoms with Gasteiger partial charge in [0.15, 0.2) is 0 Å². The number of carbonyl (C=O) groups is 4. The molecule has 1 saturated heterocycles. The van der Waals surface area contributed by atoms with Crippen molar-refractivity contribution in [2.75, 3.05) is 6.54 Å². The van der Waals surface area contributed by atoms with Gasteiger partial charge in [0.1, 0.15) is 11.6 Å². The van der Waals surface area contributed by atoms with Gasteiger partial charge in [-0.15, -0.1) is 0 Å². The molecule has 1 unspecified atom stereocenters. The van der Waals surface area contributed by atoms with Crippen molar-refractivity contribution in [3.63, 3.8) is 0 Å². The molecule has 2 N–H and O–H groups in total. The number of aliphatic carboxylic acids is 1. The number of nitrogens with one attached hydrogen (secondary N) is 1. The van der Waals surface area contributed by atoms with E-state index in [9.17, 15) is 19.2 Å². The Labute approximate surface area is 122 Å². The molecule has 0 aromatic rings. The summed E-state index contributed by atoms with van der Waals surface area (Å²) in [5.74, 6) is -2.26. The number of nitrogens with zero attached hydrogens (tertiary/aromatic N) is 1. The van der Waals surface area contributed by atoms with Crippen LogP contribution in [0.1, 0.15) is 40.0 Å². The summed E-state index contributed by atoms with van der Waals surface area (Å²) in [6.45, 7) is 5.10. The van der Waals surface area contributed by atoms with E-state index in [2.05, 4.69) is 5.32 Å². The minimum absolute atomic E-state index is 0.0110. The van der Waals surface area contributed by atoms with Crippen LogP contribution in [0.4, 0.5) is 4.79 Å². The van der Waals surface area contributed by atoms with Crippen molar-refractivity contribution in [3.05, 3.63) is 0 Å². The highest BCUT2D eigenvalue weighted by molar-refractivity contribution is 6.04. The second-order valence-corrected chi connectivity index (χ2v) is 5.73. The molecule has 118 valence electrons. The summed E-state index contributed by atoms with van der Waals surface area (Å²) < 4.78 is 5.00. The molecule has 0 spiro atoms. The van der Waals surface area contributed by atoms with E-state index in [1.807, 2.05) is 0 Å². The highest BCUT2D eigenvalue weighted by atomic mass is 16.6. The number of hydrogen-bond acceptors (Lipinski definition) is 5. The van der Waals surface area contributed by atoms with Gasteiger partial charge in [-0.05, 0) is 27.2 Å². The van der Waals surface area contributed by atoms with E-state index < -0.39 is 35.5 Å². The zero-order valence-corrected chi connectivity index (χ0v) is 12.3. The number of imide groups is 1. The van der Waals surface area contributed by atoms with Crippen LogP contribution in [0.3, 0.4) is 0 Å². The predicted octanol–water partition coefficient (Wildman–Crippen LogP) is 0.503. The number of amides is 3. The first-order chi connectivity index (χ1) is 9.61. The van der Waals surface area contributed by atoms with Crippen molar-refractivity contribution in [2.45, 2.75) is 51.7 Å². The molecular formula is C13H20N2O6. The van der Waals surface area contributed by atoms with Gasteiger partial charge in [-0.2, -0.15) is 0 Å². The van der Waals surface area contributed by atoms with Crippen LogP contribution >= 0.6 is 0 Å². The third-order valence-electron chi connectivity index (χ3n) is 2.77. The van der Waals surface area contributed by atoms with Gasteiger partial charge >= 0.3 is 12.1 Å². The molecule has 1 rings (SSSR count). The number of rotatable bonds is 5. The lowest BCUT2D eigenvalue weighted by Gasteiger charge is -2.23. The number of ether oxygens (including phenoxy) is 1. The smallest absolute Gasteiger partial charge is 0.407 e. The van der Waals surface area contributed by atoms with Gasteiger partial charge < -0.3 is 15.2 Å². The lowest BCUT2D eigenvalue weighted by atomic mass is 10.2. The molecule has 1 aliphatic rings. The van der Waals surface area contributed by atoms with Crippen molar-refractivity contribution >= 4 is 23.9 Å². The molecule has 0 bridgehead atoms. The van der Waals surface area contributed by atoms with Gasteiger partial charge in [0, 0.05) is 19.4 Å². The summed E-state index contributed by atoms with van der Waals surface area (Å²) in [6.07, 6.45) is -0.679. The van der Waals surface area contributed by atoms with Crippen molar-refractivity contribution in [1.82, 2.24) is 10.2 Å². The largest absolute Gasteiger partial charge is 0.480 e. The minimum atomic E-state index is -1.27. The van der Waals surface area contributed by atoms with E-state index in [1.54, 1.807) is 20.8 Å². The van der Waals surface area contributed by atoms with E-state index in [0.717, 1.165) is 4.90 Å². The molecule has 3 amide bonds. The van der Waals surface area contributed by atoms with Gasteiger partial charge in [-0.1, -0.05) is 0 Å². The zero-order valence-electron chi connectivity index (χ0n) is 12.3. The Morgan fingerprint density at radius 2 is 1.81 bits per heavy atom. The van der Waals surface area contributed by atoms with Gasteiger partial charge in [-0.25, -0.2) is 9.59 Å². The first-order valence-electron chi connectivity index (χ1n) is 6.66. The summed E-state index contributed by atoms with van der Waals surface area (Å²) in [5.41, 5.74) is -0.656. The lowest BCUT2D eigenvalue weighted by Crippen LogP contribution is -2.46. The van der Waals surface area contributed by atoms with Crippen molar-refractivity contribution in [1.29, 1.82) is 0 Å². The van der Waals surface area contributed by atoms with Gasteiger partial charge in [0.2, 0.25) is 11.8 Å². The molecule has 8 heteroatoms. The average molecular weight is 300 g/mol. The van der Waals surface area contributed by atoms with Crippen LogP contribution in [0.2, 0.25) is 0 Å². The molecule has 0 aromatic carbocycles. The summed E-state index contributed by atoms with van der Waals surface area (Å²) in [4.78, 5) is 46.5. The molecule has 1 heterocycles. The van der Waals surface area contributed by atoms with Crippen LogP contribution in [0.15, 0.2) is 0 Å². The van der Waals surface area contributed by atoms with E-state index >= 15 is 0 Å². The van der Waals surface area contributed by atoms with Gasteiger partial charge in [0.25, 0.3) is 0 Å². The second kappa shape index (κ2) is 6.55. The molecule has 21 heavy (non-hydrogen) atoms. The van der Waals surface area contributed by atoms with Crippen LogP contribution in [0, 0.1) is 0 Å². The normalized spacial score (nSPS) is 16.8. The first-order valence-corrected chi connectivity index (χ1v) is 6.66. The Kier molecular flexibility index (Phi) is 5.28. The molecule has 0 aromatic heterocycles. The average Bonchev–Trinajstić information content (AvgIpc) is 2.62. The maximum atomic E-state index is 11.5. The molecule has 0 radical (unpaired) electrons. The number of carboxylic acids is 1. The highest BCUT2D eigenvalue weighted by Crippen LogP contribution is 2.17. The fourth-order valence-corrected chi connectivity index (χ4v) is 1.93. The van der Waals surface area contributed by atoms with Crippen LogP contribution in [-0.2, 0) is 19.1 Å². The van der Waals surface area contributed by atoms with Gasteiger partial charge in [-0.3, -0.25) is 14.5 Å². The van der Waals surface area contributed by atoms with Crippen LogP contribution in [-0.4, -0.2) is 52.1 Å². The highest BCUT2D eigenvalue weighted by Gasteiger charge is 2.38. The molecule has 8 nitrogen and oxygen atoms in total. The number of carbonyl (C=O) groups excluding carboxylic acids is 3. The molecule has 1 aliphatic heterocycles. The number of hydrogen-bond donors (Lipinski definition) is 2. The fourth-order valence-electron chi connectivity index (χ4n) is 1.93. The molecule has 1 fully saturated rings. The summed E-state index contributed by atoms with van der Waals surface area (Å²) in [5, 5.41) is 11.5. The molecule has 0 saturated carbocycles. The van der Waals surface area contributed by atoms with Crippen molar-refractivity contribution in [2.24, 2.45) is 0 Å². The third kappa shape index (κ3) is 5.05. The van der Waals surface area contributed by atoms with E-state index in [4.69, 9.17) is 9.84 Å². The SMILES string of the molecule is CC(C)(C)OC(=O)NCCC(C(=O)O)N1C(=O)CCC1=O. The van der Waals surface area contributed by atoms with E-state index in [0.29, 0.717) is 0 Å². The van der Waals surface area contributed by atoms with Crippen LogP contribution in [0.5, 0.6) is 0 Å². The molecule has 0 aliphatic carbocycles. The van der Waals surface area contributed by atoms with Gasteiger partial charge in [0.05, 0.1) is 0 Å². The monoisotopic (exact) mass is 300 g/mol. The fraction of sp³-hybridized carbons (Fsp3) is 0.692. The summed E-state index contributed by atoms with van der Waals surface area (Å²) in [7, 11) is 0. The minimum Gasteiger partial charge on any atom is -0.480 e. The number of alkyl carbamates (subject to hydrolysis) is 1. The Hall–Kier alpha value is -2.12. The number of carboxylic acid groups (broad SMARTS) is 1. The van der Waals surface area contributed by atoms with Crippen LogP contribution < -0.4 is 5.32 Å². The second-order valence-electron chi connectivity index (χ2n) is 5.73. The Balaban J connectivity index is 2.53. The quantitative estimate of drug-likeness (QED) is 0.715. The Morgan fingerprint density at radius 3 is 2.24 bits per heavy atom. The topological polar surface area (TPSA) is 113 Å². The lowest BCUT2D eigenvalue weighted by molar-refractivity contribution is -0.154. The maximum absolute atomic E-state index is 11.5. The van der Waals surface area contributed by atoms with Crippen LogP contribution in [0.25, 0.3) is 0 Å². The summed E-state index contributed by atoms with van der Waals surface area (Å²) >= 11 is 0. The van der Waals surface area contributed by atoms with Crippen molar-refractivity contribution < 1.29 is 29.0 Å². The Morgan fingerprint density at radius 1 is 1.29 bits per heavy atom. The Bertz CT molecular complexity index is 438. The molecular weight excluding hydrogens is 280 g/mol.